The van der Waals surface area contributed by atoms with Gasteiger partial charge in [-0.2, -0.15) is 0 Å². The normalized spacial score (nSPS) is 12.5. The molecule has 2 aromatic carbocycles. The Kier molecular flexibility index (Phi) is 4.92. The van der Waals surface area contributed by atoms with Crippen LogP contribution in [0.4, 0.5) is 8.78 Å². The first kappa shape index (κ1) is 14.9. The number of hydrogen-bond donors (Lipinski definition) is 1. The minimum atomic E-state index is -0.829. The van der Waals surface area contributed by atoms with Gasteiger partial charge in [-0.25, -0.2) is 8.78 Å². The van der Waals surface area contributed by atoms with Crippen LogP contribution in [0, 0.1) is 15.2 Å². The highest BCUT2D eigenvalue weighted by molar-refractivity contribution is 14.1. The van der Waals surface area contributed by atoms with Gasteiger partial charge in [-0.3, -0.25) is 0 Å². The number of benzene rings is 2. The second-order valence-electron chi connectivity index (χ2n) is 4.12. The summed E-state index contributed by atoms with van der Waals surface area (Å²) in [4.78, 5) is 0. The van der Waals surface area contributed by atoms with Crippen molar-refractivity contribution in [1.29, 1.82) is 0 Å². The van der Waals surface area contributed by atoms with E-state index >= 15 is 0 Å². The molecule has 0 aromatic heterocycles. The van der Waals surface area contributed by atoms with Gasteiger partial charge in [0.15, 0.2) is 0 Å². The van der Waals surface area contributed by atoms with Crippen molar-refractivity contribution >= 4 is 38.5 Å². The number of rotatable bonds is 3. The lowest BCUT2D eigenvalue weighted by Gasteiger charge is -2.14. The van der Waals surface area contributed by atoms with Gasteiger partial charge >= 0.3 is 0 Å². The minimum Gasteiger partial charge on any atom is -0.388 e. The minimum absolute atomic E-state index is 0.110. The van der Waals surface area contributed by atoms with E-state index in [0.717, 1.165) is 19.7 Å². The first-order valence-corrected chi connectivity index (χ1v) is 7.41. The van der Waals surface area contributed by atoms with E-state index in [2.05, 4.69) is 38.5 Å². The Hall–Kier alpha value is -0.530. The van der Waals surface area contributed by atoms with Gasteiger partial charge in [-0.15, -0.1) is 0 Å². The molecule has 1 unspecified atom stereocenters. The molecule has 2 rings (SSSR count). The van der Waals surface area contributed by atoms with Crippen LogP contribution in [-0.2, 0) is 6.42 Å². The predicted molar refractivity (Wildman–Crippen MR) is 81.9 cm³/mol. The number of hydrogen-bond acceptors (Lipinski definition) is 1. The Morgan fingerprint density at radius 1 is 1.16 bits per heavy atom. The van der Waals surface area contributed by atoms with Gasteiger partial charge in [0, 0.05) is 20.5 Å². The Labute approximate surface area is 131 Å². The van der Waals surface area contributed by atoms with E-state index in [0.29, 0.717) is 5.56 Å². The number of aliphatic hydroxyl groups excluding tert-OH is 1. The molecule has 0 amide bonds. The number of halogens is 4. The number of aliphatic hydroxyl groups is 1. The lowest BCUT2D eigenvalue weighted by Crippen LogP contribution is -2.05. The van der Waals surface area contributed by atoms with Gasteiger partial charge in [0.2, 0.25) is 0 Å². The van der Waals surface area contributed by atoms with Crippen molar-refractivity contribution in [3.05, 3.63) is 67.2 Å². The quantitative estimate of drug-likeness (QED) is 0.694. The van der Waals surface area contributed by atoms with Crippen LogP contribution in [0.25, 0.3) is 0 Å². The molecule has 19 heavy (non-hydrogen) atoms. The molecule has 0 saturated heterocycles. The van der Waals surface area contributed by atoms with Gasteiger partial charge < -0.3 is 5.11 Å². The molecular weight excluding hydrogens is 429 g/mol. The topological polar surface area (TPSA) is 20.2 Å². The molecular formula is C14H10BrF2IO. The van der Waals surface area contributed by atoms with Crippen LogP contribution in [0.3, 0.4) is 0 Å². The molecule has 1 nitrogen and oxygen atoms in total. The fourth-order valence-corrected chi connectivity index (χ4v) is 2.85. The van der Waals surface area contributed by atoms with Gasteiger partial charge in [0.1, 0.15) is 11.6 Å². The van der Waals surface area contributed by atoms with E-state index in [1.165, 1.54) is 12.1 Å². The molecule has 0 bridgehead atoms. The molecule has 0 aliphatic carbocycles. The summed E-state index contributed by atoms with van der Waals surface area (Å²) in [6.45, 7) is 0. The van der Waals surface area contributed by atoms with Crippen LogP contribution < -0.4 is 0 Å². The Morgan fingerprint density at radius 3 is 2.58 bits per heavy atom. The molecule has 1 atom stereocenters. The fourth-order valence-electron chi connectivity index (χ4n) is 1.78. The maximum atomic E-state index is 13.5. The molecule has 0 saturated carbocycles. The predicted octanol–water partition coefficient (Wildman–Crippen LogP) is 4.61. The summed E-state index contributed by atoms with van der Waals surface area (Å²) in [5.41, 5.74) is 1.02. The summed E-state index contributed by atoms with van der Waals surface area (Å²) < 4.78 is 28.1. The summed E-state index contributed by atoms with van der Waals surface area (Å²) in [5, 5.41) is 10.2. The van der Waals surface area contributed by atoms with Crippen molar-refractivity contribution in [2.75, 3.05) is 0 Å². The van der Waals surface area contributed by atoms with E-state index in [1.807, 2.05) is 12.1 Å². The van der Waals surface area contributed by atoms with Crippen LogP contribution in [0.5, 0.6) is 0 Å². The molecule has 2 aromatic rings. The first-order valence-electron chi connectivity index (χ1n) is 5.54. The summed E-state index contributed by atoms with van der Waals surface area (Å²) in [5.74, 6) is -1.25. The van der Waals surface area contributed by atoms with Crippen molar-refractivity contribution in [3.8, 4) is 0 Å². The van der Waals surface area contributed by atoms with Crippen molar-refractivity contribution in [2.24, 2.45) is 0 Å². The lowest BCUT2D eigenvalue weighted by molar-refractivity contribution is 0.176. The van der Waals surface area contributed by atoms with E-state index in [4.69, 9.17) is 0 Å². The van der Waals surface area contributed by atoms with Gasteiger partial charge in [-0.1, -0.05) is 22.0 Å². The van der Waals surface area contributed by atoms with Crippen LogP contribution in [0.15, 0.2) is 40.9 Å². The largest absolute Gasteiger partial charge is 0.388 e. The SMILES string of the molecule is OC(Cc1ccc(F)cc1F)c1cc(Br)ccc1I. The second kappa shape index (κ2) is 6.28. The molecule has 0 aliphatic rings. The molecule has 5 heteroatoms. The van der Waals surface area contributed by atoms with Crippen molar-refractivity contribution in [1.82, 2.24) is 0 Å². The first-order chi connectivity index (χ1) is 8.97. The van der Waals surface area contributed by atoms with Gasteiger partial charge in [0.05, 0.1) is 6.10 Å². The molecule has 1 N–H and O–H groups in total. The van der Waals surface area contributed by atoms with Crippen LogP contribution in [-0.4, -0.2) is 5.11 Å². The van der Waals surface area contributed by atoms with E-state index in [9.17, 15) is 13.9 Å². The Bertz CT molecular complexity index is 604. The van der Waals surface area contributed by atoms with Crippen LogP contribution in [0.1, 0.15) is 17.2 Å². The second-order valence-corrected chi connectivity index (χ2v) is 6.20. The molecule has 100 valence electrons. The van der Waals surface area contributed by atoms with Crippen molar-refractivity contribution in [3.63, 3.8) is 0 Å². The Balaban J connectivity index is 2.25. The standard InChI is InChI=1S/C14H10BrF2IO/c15-9-2-4-13(18)11(6-9)14(19)5-8-1-3-10(16)7-12(8)17/h1-4,6-7,14,19H,5H2. The summed E-state index contributed by atoms with van der Waals surface area (Å²) >= 11 is 5.45. The fraction of sp³-hybridized carbons (Fsp3) is 0.143. The van der Waals surface area contributed by atoms with Crippen molar-refractivity contribution < 1.29 is 13.9 Å². The van der Waals surface area contributed by atoms with Crippen LogP contribution >= 0.6 is 38.5 Å². The zero-order valence-corrected chi connectivity index (χ0v) is 13.5. The molecule has 0 fully saturated rings. The zero-order chi connectivity index (χ0) is 14.0. The average molecular weight is 439 g/mol. The Morgan fingerprint density at radius 2 is 1.89 bits per heavy atom. The maximum Gasteiger partial charge on any atom is 0.129 e. The maximum absolute atomic E-state index is 13.5. The molecule has 0 heterocycles. The monoisotopic (exact) mass is 438 g/mol. The third-order valence-corrected chi connectivity index (χ3v) is 4.22. The molecule has 0 radical (unpaired) electrons. The third kappa shape index (κ3) is 3.73. The average Bonchev–Trinajstić information content (AvgIpc) is 2.35. The van der Waals surface area contributed by atoms with Gasteiger partial charge in [0.25, 0.3) is 0 Å². The van der Waals surface area contributed by atoms with Gasteiger partial charge in [-0.05, 0) is 58.0 Å². The van der Waals surface area contributed by atoms with E-state index in [1.54, 1.807) is 6.07 Å². The summed E-state index contributed by atoms with van der Waals surface area (Å²) in [6.07, 6.45) is -0.720. The summed E-state index contributed by atoms with van der Waals surface area (Å²) in [7, 11) is 0. The van der Waals surface area contributed by atoms with Crippen molar-refractivity contribution in [2.45, 2.75) is 12.5 Å². The zero-order valence-electron chi connectivity index (χ0n) is 9.71. The van der Waals surface area contributed by atoms with Crippen LogP contribution in [0.2, 0.25) is 0 Å². The van der Waals surface area contributed by atoms with E-state index < -0.39 is 17.7 Å². The highest BCUT2D eigenvalue weighted by atomic mass is 127. The highest BCUT2D eigenvalue weighted by Gasteiger charge is 2.15. The molecule has 0 spiro atoms. The summed E-state index contributed by atoms with van der Waals surface area (Å²) in [6, 6.07) is 8.91. The third-order valence-electron chi connectivity index (χ3n) is 2.75. The molecule has 0 aliphatic heterocycles. The van der Waals surface area contributed by atoms with E-state index in [-0.39, 0.29) is 6.42 Å². The lowest BCUT2D eigenvalue weighted by atomic mass is 10.0. The highest BCUT2D eigenvalue weighted by Crippen LogP contribution is 2.27. The smallest absolute Gasteiger partial charge is 0.129 e.